The number of aromatic amines is 1. The molecule has 0 atom stereocenters. The average Bonchev–Trinajstić information content (AvgIpc) is 3.05. The number of Topliss-reactive ketones (excluding diaryl/α,β-unsaturated/α-hetero) is 1. The SMILES string of the molecule is O=C(Cc1nc(Cc2nc3ccccc3[nH]2)no1)C(F)F. The highest BCUT2D eigenvalue weighted by atomic mass is 19.3. The Balaban J connectivity index is 1.73. The average molecular weight is 292 g/mol. The summed E-state index contributed by atoms with van der Waals surface area (Å²) in [4.78, 5) is 22.2. The monoisotopic (exact) mass is 292 g/mol. The van der Waals surface area contributed by atoms with Gasteiger partial charge < -0.3 is 9.51 Å². The molecule has 3 aromatic rings. The number of carbonyl (C=O) groups is 1. The number of hydrogen-bond donors (Lipinski definition) is 1. The molecule has 1 aromatic carbocycles. The number of carbonyl (C=O) groups excluding carboxylic acids is 1. The van der Waals surface area contributed by atoms with Crippen LogP contribution in [0.3, 0.4) is 0 Å². The van der Waals surface area contributed by atoms with Gasteiger partial charge in [0.2, 0.25) is 11.7 Å². The number of halogens is 2. The third-order valence-corrected chi connectivity index (χ3v) is 2.84. The second-order valence-corrected chi connectivity index (χ2v) is 4.43. The van der Waals surface area contributed by atoms with E-state index in [-0.39, 0.29) is 18.1 Å². The number of nitrogens with one attached hydrogen (secondary N) is 1. The Hall–Kier alpha value is -2.64. The molecular weight excluding hydrogens is 282 g/mol. The number of aromatic nitrogens is 4. The van der Waals surface area contributed by atoms with E-state index in [2.05, 4.69) is 20.1 Å². The van der Waals surface area contributed by atoms with Crippen LogP contribution in [-0.2, 0) is 17.6 Å². The molecule has 0 saturated carbocycles. The maximum absolute atomic E-state index is 12.1. The van der Waals surface area contributed by atoms with Crippen molar-refractivity contribution in [2.75, 3.05) is 0 Å². The van der Waals surface area contributed by atoms with Crippen molar-refractivity contribution in [1.29, 1.82) is 0 Å². The van der Waals surface area contributed by atoms with Crippen LogP contribution in [0.25, 0.3) is 11.0 Å². The van der Waals surface area contributed by atoms with Gasteiger partial charge in [0.05, 0.1) is 23.9 Å². The number of ketones is 1. The van der Waals surface area contributed by atoms with E-state index in [0.29, 0.717) is 5.82 Å². The third kappa shape index (κ3) is 2.93. The molecule has 21 heavy (non-hydrogen) atoms. The fourth-order valence-electron chi connectivity index (χ4n) is 1.90. The first kappa shape index (κ1) is 13.3. The maximum Gasteiger partial charge on any atom is 0.296 e. The fraction of sp³-hybridized carbons (Fsp3) is 0.231. The van der Waals surface area contributed by atoms with Crippen molar-refractivity contribution in [3.63, 3.8) is 0 Å². The van der Waals surface area contributed by atoms with Gasteiger partial charge in [-0.25, -0.2) is 13.8 Å². The largest absolute Gasteiger partial charge is 0.342 e. The zero-order valence-corrected chi connectivity index (χ0v) is 10.7. The predicted molar refractivity (Wildman–Crippen MR) is 67.9 cm³/mol. The smallest absolute Gasteiger partial charge is 0.296 e. The van der Waals surface area contributed by atoms with Gasteiger partial charge in [-0.1, -0.05) is 17.3 Å². The summed E-state index contributed by atoms with van der Waals surface area (Å²) in [6, 6.07) is 7.50. The predicted octanol–water partition coefficient (Wildman–Crippen LogP) is 1.91. The van der Waals surface area contributed by atoms with Crippen LogP contribution in [0.2, 0.25) is 0 Å². The minimum Gasteiger partial charge on any atom is -0.342 e. The fourth-order valence-corrected chi connectivity index (χ4v) is 1.90. The number of alkyl halides is 2. The molecule has 1 N–H and O–H groups in total. The number of hydrogen-bond acceptors (Lipinski definition) is 5. The molecule has 0 radical (unpaired) electrons. The molecule has 0 unspecified atom stereocenters. The summed E-state index contributed by atoms with van der Waals surface area (Å²) in [5.41, 5.74) is 1.69. The molecule has 0 amide bonds. The number of rotatable bonds is 5. The lowest BCUT2D eigenvalue weighted by atomic mass is 10.3. The third-order valence-electron chi connectivity index (χ3n) is 2.84. The van der Waals surface area contributed by atoms with Gasteiger partial charge >= 0.3 is 0 Å². The van der Waals surface area contributed by atoms with Gasteiger partial charge in [0.15, 0.2) is 5.82 Å². The van der Waals surface area contributed by atoms with Crippen LogP contribution in [0.15, 0.2) is 28.8 Å². The molecule has 0 spiro atoms. The summed E-state index contributed by atoms with van der Waals surface area (Å²) in [5, 5.41) is 3.65. The number of benzene rings is 1. The standard InChI is InChI=1S/C13H10F2N4O2/c14-13(15)9(20)5-12-18-11(19-21-12)6-10-16-7-3-1-2-4-8(7)17-10/h1-4,13H,5-6H2,(H,16,17). The highest BCUT2D eigenvalue weighted by molar-refractivity contribution is 5.82. The molecular formula is C13H10F2N4O2. The summed E-state index contributed by atoms with van der Waals surface area (Å²) in [7, 11) is 0. The van der Waals surface area contributed by atoms with Crippen molar-refractivity contribution >= 4 is 16.8 Å². The van der Waals surface area contributed by atoms with Gasteiger partial charge in [0.1, 0.15) is 5.82 Å². The number of H-pyrrole nitrogens is 1. The second-order valence-electron chi connectivity index (χ2n) is 4.43. The van der Waals surface area contributed by atoms with Crippen LogP contribution >= 0.6 is 0 Å². The maximum atomic E-state index is 12.1. The number of nitrogens with zero attached hydrogens (tertiary/aromatic N) is 3. The molecule has 0 aliphatic rings. The lowest BCUT2D eigenvalue weighted by Gasteiger charge is -1.92. The second kappa shape index (κ2) is 5.39. The van der Waals surface area contributed by atoms with Gasteiger partial charge in [-0.3, -0.25) is 4.79 Å². The van der Waals surface area contributed by atoms with Crippen LogP contribution < -0.4 is 0 Å². The number of para-hydroxylation sites is 2. The van der Waals surface area contributed by atoms with Crippen LogP contribution in [0, 0.1) is 0 Å². The summed E-state index contributed by atoms with van der Waals surface area (Å²) >= 11 is 0. The first-order chi connectivity index (χ1) is 10.1. The van der Waals surface area contributed by atoms with Crippen molar-refractivity contribution in [3.8, 4) is 0 Å². The van der Waals surface area contributed by atoms with Crippen LogP contribution in [0.4, 0.5) is 8.78 Å². The van der Waals surface area contributed by atoms with E-state index >= 15 is 0 Å². The Bertz CT molecular complexity index is 748. The van der Waals surface area contributed by atoms with Crippen molar-refractivity contribution in [2.24, 2.45) is 0 Å². The molecule has 0 bridgehead atoms. The molecule has 3 rings (SSSR count). The Morgan fingerprint density at radius 3 is 2.86 bits per heavy atom. The van der Waals surface area contributed by atoms with Crippen LogP contribution in [-0.4, -0.2) is 32.3 Å². The normalized spacial score (nSPS) is 11.4. The lowest BCUT2D eigenvalue weighted by molar-refractivity contribution is -0.129. The number of imidazole rings is 1. The molecule has 6 nitrogen and oxygen atoms in total. The van der Waals surface area contributed by atoms with Crippen LogP contribution in [0.5, 0.6) is 0 Å². The molecule has 0 saturated heterocycles. The molecule has 0 aliphatic heterocycles. The highest BCUT2D eigenvalue weighted by Crippen LogP contribution is 2.12. The Morgan fingerprint density at radius 2 is 2.10 bits per heavy atom. The summed E-state index contributed by atoms with van der Waals surface area (Å²) in [6.45, 7) is 0. The summed E-state index contributed by atoms with van der Waals surface area (Å²) < 4.78 is 29.0. The van der Waals surface area contributed by atoms with Crippen molar-refractivity contribution in [2.45, 2.75) is 19.3 Å². The molecule has 8 heteroatoms. The van der Waals surface area contributed by atoms with E-state index < -0.39 is 18.6 Å². The molecule has 0 aliphatic carbocycles. The van der Waals surface area contributed by atoms with E-state index in [1.807, 2.05) is 24.3 Å². The van der Waals surface area contributed by atoms with E-state index in [1.54, 1.807) is 0 Å². The summed E-state index contributed by atoms with van der Waals surface area (Å²) in [6.07, 6.45) is -3.33. The summed E-state index contributed by atoms with van der Waals surface area (Å²) in [5.74, 6) is -0.449. The molecule has 2 aromatic heterocycles. The van der Waals surface area contributed by atoms with Gasteiger partial charge in [-0.05, 0) is 12.1 Å². The van der Waals surface area contributed by atoms with E-state index in [4.69, 9.17) is 4.52 Å². The molecule has 2 heterocycles. The van der Waals surface area contributed by atoms with Gasteiger partial charge in [0.25, 0.3) is 6.43 Å². The van der Waals surface area contributed by atoms with E-state index in [9.17, 15) is 13.6 Å². The van der Waals surface area contributed by atoms with Gasteiger partial charge in [-0.2, -0.15) is 4.98 Å². The zero-order chi connectivity index (χ0) is 14.8. The Kier molecular flexibility index (Phi) is 3.43. The van der Waals surface area contributed by atoms with Crippen molar-refractivity contribution in [3.05, 3.63) is 41.8 Å². The van der Waals surface area contributed by atoms with Crippen molar-refractivity contribution < 1.29 is 18.1 Å². The van der Waals surface area contributed by atoms with E-state index in [0.717, 1.165) is 11.0 Å². The Labute approximate surface area is 117 Å². The van der Waals surface area contributed by atoms with E-state index in [1.165, 1.54) is 0 Å². The molecule has 108 valence electrons. The Morgan fingerprint density at radius 1 is 1.29 bits per heavy atom. The van der Waals surface area contributed by atoms with Crippen molar-refractivity contribution in [1.82, 2.24) is 20.1 Å². The lowest BCUT2D eigenvalue weighted by Crippen LogP contribution is -2.13. The number of fused-ring (bicyclic) bond motifs is 1. The highest BCUT2D eigenvalue weighted by Gasteiger charge is 2.19. The first-order valence-electron chi connectivity index (χ1n) is 6.18. The minimum absolute atomic E-state index is 0.119. The van der Waals surface area contributed by atoms with Gasteiger partial charge in [0, 0.05) is 0 Å². The zero-order valence-electron chi connectivity index (χ0n) is 10.7. The topological polar surface area (TPSA) is 84.7 Å². The van der Waals surface area contributed by atoms with Crippen LogP contribution in [0.1, 0.15) is 17.5 Å². The minimum atomic E-state index is -3.03. The van der Waals surface area contributed by atoms with Gasteiger partial charge in [-0.15, -0.1) is 0 Å². The quantitative estimate of drug-likeness (QED) is 0.776. The first-order valence-corrected chi connectivity index (χ1v) is 6.18. The molecule has 0 fully saturated rings.